The van der Waals surface area contributed by atoms with Crippen molar-refractivity contribution in [3.05, 3.63) is 29.3 Å². The van der Waals surface area contributed by atoms with Crippen molar-refractivity contribution in [1.82, 2.24) is 10.2 Å². The van der Waals surface area contributed by atoms with E-state index in [1.165, 1.54) is 5.56 Å². The van der Waals surface area contributed by atoms with Gasteiger partial charge in [0.2, 0.25) is 5.91 Å². The number of nitrogens with one attached hydrogen (secondary N) is 1. The number of aryl methyl sites for hydroxylation is 1. The SMILES string of the molecule is Cc1ccc2c(c1)[C@@H](NC(=O)CC1CCN(C)CC1)CC(C)(C)O2. The van der Waals surface area contributed by atoms with E-state index in [9.17, 15) is 4.79 Å². The summed E-state index contributed by atoms with van der Waals surface area (Å²) in [6, 6.07) is 6.28. The van der Waals surface area contributed by atoms with Crippen LogP contribution in [0.2, 0.25) is 0 Å². The Morgan fingerprint density at radius 2 is 2.04 bits per heavy atom. The number of nitrogens with zero attached hydrogens (tertiary/aromatic N) is 1. The van der Waals surface area contributed by atoms with Gasteiger partial charge in [-0.25, -0.2) is 0 Å². The molecule has 1 fully saturated rings. The monoisotopic (exact) mass is 330 g/mol. The van der Waals surface area contributed by atoms with Gasteiger partial charge in [-0.1, -0.05) is 17.7 Å². The number of likely N-dealkylation sites (tertiary alicyclic amines) is 1. The number of benzene rings is 1. The standard InChI is InChI=1S/C20H30N2O2/c1-14-5-6-18-16(11-14)17(13-20(2,3)24-18)21-19(23)12-15-7-9-22(4)10-8-15/h5-6,11,15,17H,7-10,12-13H2,1-4H3,(H,21,23)/t17-/m0/s1. The van der Waals surface area contributed by atoms with Gasteiger partial charge in [-0.2, -0.15) is 0 Å². The fourth-order valence-corrected chi connectivity index (χ4v) is 3.88. The second-order valence-electron chi connectivity index (χ2n) is 8.18. The molecule has 0 spiro atoms. The average molecular weight is 330 g/mol. The third-order valence-corrected chi connectivity index (χ3v) is 5.27. The predicted octanol–water partition coefficient (Wildman–Crippen LogP) is 3.45. The summed E-state index contributed by atoms with van der Waals surface area (Å²) >= 11 is 0. The zero-order valence-electron chi connectivity index (χ0n) is 15.4. The lowest BCUT2D eigenvalue weighted by Gasteiger charge is -2.38. The van der Waals surface area contributed by atoms with Gasteiger partial charge in [0.05, 0.1) is 6.04 Å². The molecule has 132 valence electrons. The van der Waals surface area contributed by atoms with E-state index in [2.05, 4.69) is 50.2 Å². The molecule has 0 radical (unpaired) electrons. The number of hydrogen-bond donors (Lipinski definition) is 1. The van der Waals surface area contributed by atoms with Crippen LogP contribution in [0.4, 0.5) is 0 Å². The van der Waals surface area contributed by atoms with E-state index >= 15 is 0 Å². The van der Waals surface area contributed by atoms with Gasteiger partial charge >= 0.3 is 0 Å². The predicted molar refractivity (Wildman–Crippen MR) is 96.2 cm³/mol. The number of ether oxygens (including phenoxy) is 1. The second-order valence-corrected chi connectivity index (χ2v) is 8.18. The van der Waals surface area contributed by atoms with Gasteiger partial charge in [0.15, 0.2) is 0 Å². The van der Waals surface area contributed by atoms with Crippen molar-refractivity contribution >= 4 is 5.91 Å². The van der Waals surface area contributed by atoms with Crippen molar-refractivity contribution < 1.29 is 9.53 Å². The number of hydrogen-bond acceptors (Lipinski definition) is 3. The molecule has 0 unspecified atom stereocenters. The van der Waals surface area contributed by atoms with E-state index < -0.39 is 0 Å². The van der Waals surface area contributed by atoms with Crippen molar-refractivity contribution in [3.8, 4) is 5.75 Å². The summed E-state index contributed by atoms with van der Waals surface area (Å²) in [6.45, 7) is 8.46. The van der Waals surface area contributed by atoms with Gasteiger partial charge in [-0.15, -0.1) is 0 Å². The third kappa shape index (κ3) is 4.10. The molecular formula is C20H30N2O2. The van der Waals surface area contributed by atoms with Crippen LogP contribution in [0.3, 0.4) is 0 Å². The maximum absolute atomic E-state index is 12.6. The molecule has 24 heavy (non-hydrogen) atoms. The molecule has 1 atom stereocenters. The zero-order chi connectivity index (χ0) is 17.3. The molecule has 1 saturated heterocycles. The Morgan fingerprint density at radius 1 is 1.33 bits per heavy atom. The highest BCUT2D eigenvalue weighted by Crippen LogP contribution is 2.40. The van der Waals surface area contributed by atoms with Crippen LogP contribution in [0, 0.1) is 12.8 Å². The number of amides is 1. The smallest absolute Gasteiger partial charge is 0.220 e. The maximum atomic E-state index is 12.6. The molecule has 0 aromatic heterocycles. The van der Waals surface area contributed by atoms with Crippen molar-refractivity contribution in [2.24, 2.45) is 5.92 Å². The summed E-state index contributed by atoms with van der Waals surface area (Å²) in [5.74, 6) is 1.60. The van der Waals surface area contributed by atoms with Crippen LogP contribution in [0.5, 0.6) is 5.75 Å². The molecule has 0 saturated carbocycles. The van der Waals surface area contributed by atoms with E-state index in [0.29, 0.717) is 12.3 Å². The molecule has 1 aromatic rings. The highest BCUT2D eigenvalue weighted by Gasteiger charge is 2.34. The lowest BCUT2D eigenvalue weighted by atomic mass is 9.88. The molecule has 2 heterocycles. The minimum atomic E-state index is -0.256. The molecule has 4 heteroatoms. The summed E-state index contributed by atoms with van der Waals surface area (Å²) in [7, 11) is 2.15. The van der Waals surface area contributed by atoms with E-state index in [4.69, 9.17) is 4.74 Å². The van der Waals surface area contributed by atoms with Gasteiger partial charge in [-0.3, -0.25) is 4.79 Å². The number of fused-ring (bicyclic) bond motifs is 1. The quantitative estimate of drug-likeness (QED) is 0.923. The van der Waals surface area contributed by atoms with E-state index in [0.717, 1.165) is 43.7 Å². The molecule has 2 aliphatic heterocycles. The molecule has 1 amide bonds. The normalized spacial score (nSPS) is 24.1. The molecule has 4 nitrogen and oxygen atoms in total. The van der Waals surface area contributed by atoms with Gasteiger partial charge in [0, 0.05) is 18.4 Å². The molecule has 0 aliphatic carbocycles. The summed E-state index contributed by atoms with van der Waals surface area (Å²) in [5, 5.41) is 3.28. The minimum Gasteiger partial charge on any atom is -0.487 e. The first-order valence-corrected chi connectivity index (χ1v) is 9.10. The van der Waals surface area contributed by atoms with E-state index in [1.54, 1.807) is 0 Å². The summed E-state index contributed by atoms with van der Waals surface area (Å²) in [5.41, 5.74) is 2.06. The van der Waals surface area contributed by atoms with Crippen LogP contribution in [-0.2, 0) is 4.79 Å². The van der Waals surface area contributed by atoms with Crippen molar-refractivity contribution in [1.29, 1.82) is 0 Å². The van der Waals surface area contributed by atoms with Crippen LogP contribution < -0.4 is 10.1 Å². The molecule has 1 N–H and O–H groups in total. The summed E-state index contributed by atoms with van der Waals surface area (Å²) < 4.78 is 6.09. The number of carbonyl (C=O) groups is 1. The Bertz CT molecular complexity index is 604. The lowest BCUT2D eigenvalue weighted by Crippen LogP contribution is -2.42. The Balaban J connectivity index is 1.67. The lowest BCUT2D eigenvalue weighted by molar-refractivity contribution is -0.123. The first-order chi connectivity index (χ1) is 11.3. The first kappa shape index (κ1) is 17.3. The molecule has 1 aromatic carbocycles. The fraction of sp³-hybridized carbons (Fsp3) is 0.650. The van der Waals surface area contributed by atoms with E-state index in [1.807, 2.05) is 6.07 Å². The van der Waals surface area contributed by atoms with Crippen LogP contribution >= 0.6 is 0 Å². The topological polar surface area (TPSA) is 41.6 Å². The van der Waals surface area contributed by atoms with Gasteiger partial charge in [0.25, 0.3) is 0 Å². The Kier molecular flexibility index (Phi) is 4.86. The third-order valence-electron chi connectivity index (χ3n) is 5.27. The minimum absolute atomic E-state index is 0.0439. The molecule has 2 aliphatic rings. The second kappa shape index (κ2) is 6.75. The van der Waals surface area contributed by atoms with Crippen LogP contribution in [0.25, 0.3) is 0 Å². The number of carbonyl (C=O) groups excluding carboxylic acids is 1. The van der Waals surface area contributed by atoms with Gasteiger partial charge in [0.1, 0.15) is 11.4 Å². The van der Waals surface area contributed by atoms with Gasteiger partial charge < -0.3 is 15.0 Å². The highest BCUT2D eigenvalue weighted by molar-refractivity contribution is 5.77. The Labute approximate surface area is 145 Å². The largest absolute Gasteiger partial charge is 0.487 e. The number of piperidine rings is 1. The molecular weight excluding hydrogens is 300 g/mol. The summed E-state index contributed by atoms with van der Waals surface area (Å²) in [4.78, 5) is 14.9. The highest BCUT2D eigenvalue weighted by atomic mass is 16.5. The Morgan fingerprint density at radius 3 is 2.75 bits per heavy atom. The maximum Gasteiger partial charge on any atom is 0.220 e. The van der Waals surface area contributed by atoms with Crippen molar-refractivity contribution in [3.63, 3.8) is 0 Å². The van der Waals surface area contributed by atoms with Crippen LogP contribution in [-0.4, -0.2) is 36.5 Å². The first-order valence-electron chi connectivity index (χ1n) is 9.10. The van der Waals surface area contributed by atoms with Crippen molar-refractivity contribution in [2.75, 3.05) is 20.1 Å². The van der Waals surface area contributed by atoms with Gasteiger partial charge in [-0.05, 0) is 65.7 Å². The summed E-state index contributed by atoms with van der Waals surface area (Å²) in [6.07, 6.45) is 3.70. The number of rotatable bonds is 3. The fourth-order valence-electron chi connectivity index (χ4n) is 3.88. The molecule has 3 rings (SSSR count). The zero-order valence-corrected chi connectivity index (χ0v) is 15.4. The van der Waals surface area contributed by atoms with Crippen LogP contribution in [0.15, 0.2) is 18.2 Å². The average Bonchev–Trinajstić information content (AvgIpc) is 2.49. The van der Waals surface area contributed by atoms with E-state index in [-0.39, 0.29) is 17.6 Å². The Hall–Kier alpha value is -1.55. The molecule has 0 bridgehead atoms. The van der Waals surface area contributed by atoms with Crippen LogP contribution in [0.1, 0.15) is 56.7 Å². The van der Waals surface area contributed by atoms with Crippen molar-refractivity contribution in [2.45, 2.75) is 58.1 Å².